The summed E-state index contributed by atoms with van der Waals surface area (Å²) in [5.41, 5.74) is 12.3. The smallest absolute Gasteiger partial charge is 0.127 e. The van der Waals surface area contributed by atoms with Gasteiger partial charge in [0.25, 0.3) is 0 Å². The fourth-order valence-corrected chi connectivity index (χ4v) is 1.63. The molecule has 0 saturated heterocycles. The number of nitrogens with two attached hydrogens (primary N) is 2. The van der Waals surface area contributed by atoms with Gasteiger partial charge in [0, 0.05) is 24.2 Å². The Balaban J connectivity index is 0.000000204. The summed E-state index contributed by atoms with van der Waals surface area (Å²) in [6.45, 7) is 3.47. The van der Waals surface area contributed by atoms with E-state index in [1.807, 2.05) is 31.2 Å². The van der Waals surface area contributed by atoms with E-state index in [1.165, 1.54) is 6.07 Å². The molecule has 0 atom stereocenters. The second kappa shape index (κ2) is 9.07. The molecule has 0 aliphatic heterocycles. The third-order valence-electron chi connectivity index (χ3n) is 2.67. The molecule has 0 aliphatic carbocycles. The Morgan fingerprint density at radius 3 is 1.95 bits per heavy atom. The molecule has 2 rings (SSSR count). The van der Waals surface area contributed by atoms with Gasteiger partial charge in [-0.15, -0.1) is 0 Å². The average Bonchev–Trinajstić information content (AvgIpc) is 2.49. The van der Waals surface area contributed by atoms with Gasteiger partial charge in [0.2, 0.25) is 0 Å². The van der Waals surface area contributed by atoms with E-state index >= 15 is 0 Å². The maximum Gasteiger partial charge on any atom is 0.127 e. The van der Waals surface area contributed by atoms with Crippen molar-refractivity contribution in [1.29, 1.82) is 0 Å². The van der Waals surface area contributed by atoms with Crippen molar-refractivity contribution >= 4 is 0 Å². The highest BCUT2D eigenvalue weighted by molar-refractivity contribution is 5.32. The summed E-state index contributed by atoms with van der Waals surface area (Å²) in [6.07, 6.45) is 0. The van der Waals surface area contributed by atoms with Crippen LogP contribution in [0.15, 0.2) is 48.5 Å². The Labute approximate surface area is 119 Å². The molecule has 108 valence electrons. The number of benzene rings is 2. The second-order valence-electron chi connectivity index (χ2n) is 4.04. The van der Waals surface area contributed by atoms with Crippen LogP contribution >= 0.6 is 0 Å². The maximum atomic E-state index is 12.5. The van der Waals surface area contributed by atoms with Crippen LogP contribution < -0.4 is 16.2 Å². The van der Waals surface area contributed by atoms with Gasteiger partial charge < -0.3 is 16.2 Å². The van der Waals surface area contributed by atoms with Crippen molar-refractivity contribution in [1.82, 2.24) is 0 Å². The van der Waals surface area contributed by atoms with Crippen molar-refractivity contribution < 1.29 is 9.13 Å². The number of para-hydroxylation sites is 1. The third kappa shape index (κ3) is 4.99. The summed E-state index contributed by atoms with van der Waals surface area (Å²) in [5.74, 6) is 0.678. The van der Waals surface area contributed by atoms with Crippen LogP contribution in [-0.2, 0) is 13.1 Å². The van der Waals surface area contributed by atoms with E-state index in [0.29, 0.717) is 18.7 Å². The van der Waals surface area contributed by atoms with E-state index in [1.54, 1.807) is 18.2 Å². The van der Waals surface area contributed by atoms with E-state index in [9.17, 15) is 4.39 Å². The first-order valence-corrected chi connectivity index (χ1v) is 6.57. The van der Waals surface area contributed by atoms with Crippen molar-refractivity contribution in [2.75, 3.05) is 6.61 Å². The number of ether oxygens (including phenoxy) is 1. The summed E-state index contributed by atoms with van der Waals surface area (Å²) >= 11 is 0. The van der Waals surface area contributed by atoms with Crippen LogP contribution in [0.25, 0.3) is 0 Å². The predicted octanol–water partition coefficient (Wildman–Crippen LogP) is 2.83. The first-order valence-electron chi connectivity index (χ1n) is 6.57. The molecular formula is C16H21FN2O. The SMILES string of the molecule is CCOc1ccccc1CN.NCc1ccccc1F. The molecule has 0 fully saturated rings. The minimum atomic E-state index is -0.222. The van der Waals surface area contributed by atoms with Gasteiger partial charge in [-0.25, -0.2) is 4.39 Å². The normalized spacial score (nSPS) is 9.60. The van der Waals surface area contributed by atoms with Gasteiger partial charge in [0.05, 0.1) is 6.61 Å². The molecule has 20 heavy (non-hydrogen) atoms. The lowest BCUT2D eigenvalue weighted by Gasteiger charge is -2.06. The Kier molecular flexibility index (Phi) is 7.32. The highest BCUT2D eigenvalue weighted by Gasteiger charge is 1.97. The summed E-state index contributed by atoms with van der Waals surface area (Å²) in [5, 5.41) is 0. The predicted molar refractivity (Wildman–Crippen MR) is 79.8 cm³/mol. The molecule has 0 saturated carbocycles. The minimum absolute atomic E-state index is 0.222. The lowest BCUT2D eigenvalue weighted by Crippen LogP contribution is -2.01. The molecule has 0 spiro atoms. The summed E-state index contributed by atoms with van der Waals surface area (Å²) in [6, 6.07) is 14.3. The van der Waals surface area contributed by atoms with Crippen molar-refractivity contribution in [2.24, 2.45) is 11.5 Å². The van der Waals surface area contributed by atoms with Gasteiger partial charge in [-0.3, -0.25) is 0 Å². The highest BCUT2D eigenvalue weighted by atomic mass is 19.1. The molecule has 0 radical (unpaired) electrons. The Bertz CT molecular complexity index is 517. The molecule has 4 N–H and O–H groups in total. The van der Waals surface area contributed by atoms with Crippen LogP contribution in [0.3, 0.4) is 0 Å². The molecular weight excluding hydrogens is 255 g/mol. The number of halogens is 1. The first-order chi connectivity index (χ1) is 9.72. The minimum Gasteiger partial charge on any atom is -0.494 e. The second-order valence-corrected chi connectivity index (χ2v) is 4.04. The van der Waals surface area contributed by atoms with Crippen LogP contribution in [-0.4, -0.2) is 6.61 Å². The zero-order valence-corrected chi connectivity index (χ0v) is 11.7. The van der Waals surface area contributed by atoms with Gasteiger partial charge >= 0.3 is 0 Å². The van der Waals surface area contributed by atoms with Gasteiger partial charge in [-0.05, 0) is 19.1 Å². The van der Waals surface area contributed by atoms with Crippen LogP contribution in [0.5, 0.6) is 5.75 Å². The molecule has 0 heterocycles. The van der Waals surface area contributed by atoms with Crippen LogP contribution in [0.2, 0.25) is 0 Å². The molecule has 0 unspecified atom stereocenters. The van der Waals surface area contributed by atoms with E-state index in [0.717, 1.165) is 11.3 Å². The fraction of sp³-hybridized carbons (Fsp3) is 0.250. The Hall–Kier alpha value is -1.91. The topological polar surface area (TPSA) is 61.3 Å². The lowest BCUT2D eigenvalue weighted by molar-refractivity contribution is 0.336. The number of hydrogen-bond acceptors (Lipinski definition) is 3. The summed E-state index contributed by atoms with van der Waals surface area (Å²) in [4.78, 5) is 0. The van der Waals surface area contributed by atoms with Crippen LogP contribution in [0.4, 0.5) is 4.39 Å². The molecule has 4 heteroatoms. The summed E-state index contributed by atoms with van der Waals surface area (Å²) < 4.78 is 17.9. The maximum absolute atomic E-state index is 12.5. The van der Waals surface area contributed by atoms with E-state index in [-0.39, 0.29) is 12.4 Å². The van der Waals surface area contributed by atoms with E-state index < -0.39 is 0 Å². The Morgan fingerprint density at radius 1 is 0.900 bits per heavy atom. The molecule has 2 aromatic carbocycles. The lowest BCUT2D eigenvalue weighted by atomic mass is 10.2. The van der Waals surface area contributed by atoms with Crippen LogP contribution in [0, 0.1) is 5.82 Å². The molecule has 0 aliphatic rings. The fourth-order valence-electron chi connectivity index (χ4n) is 1.63. The molecule has 2 aromatic rings. The van der Waals surface area contributed by atoms with Gasteiger partial charge in [-0.1, -0.05) is 36.4 Å². The molecule has 0 amide bonds. The van der Waals surface area contributed by atoms with E-state index in [2.05, 4.69) is 0 Å². The zero-order valence-electron chi connectivity index (χ0n) is 11.7. The van der Waals surface area contributed by atoms with Crippen molar-refractivity contribution in [3.05, 3.63) is 65.5 Å². The molecule has 0 bridgehead atoms. The third-order valence-corrected chi connectivity index (χ3v) is 2.67. The van der Waals surface area contributed by atoms with Gasteiger partial charge in [0.1, 0.15) is 11.6 Å². The standard InChI is InChI=1S/C9H13NO.C7H8FN/c1-2-11-9-6-4-3-5-8(9)7-10;8-7-4-2-1-3-6(7)5-9/h3-6H,2,7,10H2,1H3;1-4H,5,9H2. The number of rotatable bonds is 4. The first kappa shape index (κ1) is 16.1. The van der Waals surface area contributed by atoms with Gasteiger partial charge in [0.15, 0.2) is 0 Å². The van der Waals surface area contributed by atoms with Gasteiger partial charge in [-0.2, -0.15) is 0 Å². The highest BCUT2D eigenvalue weighted by Crippen LogP contribution is 2.16. The van der Waals surface area contributed by atoms with E-state index in [4.69, 9.17) is 16.2 Å². The molecule has 0 aromatic heterocycles. The van der Waals surface area contributed by atoms with Crippen molar-refractivity contribution in [2.45, 2.75) is 20.0 Å². The largest absolute Gasteiger partial charge is 0.494 e. The molecule has 3 nitrogen and oxygen atoms in total. The van der Waals surface area contributed by atoms with Crippen molar-refractivity contribution in [3.63, 3.8) is 0 Å². The Morgan fingerprint density at radius 2 is 1.45 bits per heavy atom. The van der Waals surface area contributed by atoms with Crippen LogP contribution in [0.1, 0.15) is 18.1 Å². The number of hydrogen-bond donors (Lipinski definition) is 2. The summed E-state index contributed by atoms with van der Waals surface area (Å²) in [7, 11) is 0. The quantitative estimate of drug-likeness (QED) is 0.902. The monoisotopic (exact) mass is 276 g/mol. The average molecular weight is 276 g/mol. The zero-order chi connectivity index (χ0) is 14.8. The van der Waals surface area contributed by atoms with Crippen molar-refractivity contribution in [3.8, 4) is 5.75 Å².